The third-order valence-electron chi connectivity index (χ3n) is 3.39. The van der Waals surface area contributed by atoms with E-state index in [2.05, 4.69) is 6.07 Å². The number of carbonyl (C=O) groups excluding carboxylic acids is 1. The van der Waals surface area contributed by atoms with E-state index in [1.54, 1.807) is 17.2 Å². The fourth-order valence-corrected chi connectivity index (χ4v) is 2.38. The molecule has 1 amide bonds. The van der Waals surface area contributed by atoms with Crippen molar-refractivity contribution >= 4 is 11.7 Å². The average Bonchev–Trinajstić information content (AvgIpc) is 2.91. The second kappa shape index (κ2) is 4.71. The lowest BCUT2D eigenvalue weighted by Crippen LogP contribution is -2.31. The molecule has 1 aromatic rings. The molecule has 0 saturated carbocycles. The predicted octanol–water partition coefficient (Wildman–Crippen LogP) is 1.46. The molecule has 1 aliphatic heterocycles. The highest BCUT2D eigenvalue weighted by molar-refractivity contribution is 5.95. The molecule has 1 aliphatic rings. The minimum Gasteiger partial charge on any atom is -0.396 e. The van der Waals surface area contributed by atoms with Crippen molar-refractivity contribution in [3.63, 3.8) is 0 Å². The highest BCUT2D eigenvalue weighted by Gasteiger charge is 2.33. The number of hydrogen-bond donors (Lipinski definition) is 1. The Labute approximate surface area is 113 Å². The molecule has 19 heavy (non-hydrogen) atoms. The summed E-state index contributed by atoms with van der Waals surface area (Å²) < 4.78 is 1.95. The smallest absolute Gasteiger partial charge is 0.228 e. The number of aliphatic hydroxyl groups excluding tert-OH is 1. The van der Waals surface area contributed by atoms with E-state index in [1.807, 2.05) is 25.3 Å². The van der Waals surface area contributed by atoms with Gasteiger partial charge >= 0.3 is 0 Å². The number of amides is 1. The molecule has 0 bridgehead atoms. The van der Waals surface area contributed by atoms with Crippen molar-refractivity contribution in [3.8, 4) is 6.07 Å². The second-order valence-corrected chi connectivity index (χ2v) is 6.00. The summed E-state index contributed by atoms with van der Waals surface area (Å²) in [6, 6.07) is 3.85. The van der Waals surface area contributed by atoms with Crippen LogP contribution in [0.4, 0.5) is 5.82 Å². The zero-order valence-electron chi connectivity index (χ0n) is 11.6. The molecule has 2 heterocycles. The van der Waals surface area contributed by atoms with Crippen molar-refractivity contribution < 1.29 is 9.90 Å². The summed E-state index contributed by atoms with van der Waals surface area (Å²) in [5.74, 6) is 0.735. The molecule has 1 aromatic heterocycles. The van der Waals surface area contributed by atoms with Crippen LogP contribution in [0, 0.1) is 17.2 Å². The van der Waals surface area contributed by atoms with Gasteiger partial charge in [0.05, 0.1) is 5.56 Å². The van der Waals surface area contributed by atoms with Crippen LogP contribution in [-0.2, 0) is 10.3 Å². The molecule has 1 unspecified atom stereocenters. The summed E-state index contributed by atoms with van der Waals surface area (Å²) in [5.41, 5.74) is 0.340. The minimum absolute atomic E-state index is 0.00661. The van der Waals surface area contributed by atoms with Gasteiger partial charge in [-0.25, -0.2) is 0 Å². The van der Waals surface area contributed by atoms with Crippen LogP contribution in [0.15, 0.2) is 12.3 Å². The maximum Gasteiger partial charge on any atom is 0.228 e. The lowest BCUT2D eigenvalue weighted by atomic mass is 10.1. The van der Waals surface area contributed by atoms with Crippen molar-refractivity contribution in [1.29, 1.82) is 5.26 Å². The van der Waals surface area contributed by atoms with Gasteiger partial charge in [0.2, 0.25) is 5.91 Å². The highest BCUT2D eigenvalue weighted by atomic mass is 16.3. The van der Waals surface area contributed by atoms with Gasteiger partial charge in [0.25, 0.3) is 0 Å². The van der Waals surface area contributed by atoms with Gasteiger partial charge in [-0.15, -0.1) is 0 Å². The van der Waals surface area contributed by atoms with Gasteiger partial charge in [-0.2, -0.15) is 5.26 Å². The summed E-state index contributed by atoms with van der Waals surface area (Å²) in [6.45, 7) is 6.62. The van der Waals surface area contributed by atoms with Crippen molar-refractivity contribution in [2.45, 2.75) is 32.7 Å². The van der Waals surface area contributed by atoms with E-state index in [-0.39, 0.29) is 24.0 Å². The average molecular weight is 261 g/mol. The van der Waals surface area contributed by atoms with E-state index < -0.39 is 0 Å². The second-order valence-electron chi connectivity index (χ2n) is 6.00. The Kier molecular flexibility index (Phi) is 3.38. The molecule has 0 radical (unpaired) electrons. The molecule has 5 heteroatoms. The number of carbonyl (C=O) groups is 1. The summed E-state index contributed by atoms with van der Waals surface area (Å²) in [5, 5.41) is 18.2. The topological polar surface area (TPSA) is 69.3 Å². The number of hydrogen-bond acceptors (Lipinski definition) is 3. The molecule has 102 valence electrons. The Morgan fingerprint density at radius 1 is 1.53 bits per heavy atom. The van der Waals surface area contributed by atoms with Crippen LogP contribution >= 0.6 is 0 Å². The molecule has 1 fully saturated rings. The Bertz CT molecular complexity index is 534. The molecule has 1 atom stereocenters. The lowest BCUT2D eigenvalue weighted by molar-refractivity contribution is -0.117. The van der Waals surface area contributed by atoms with Crippen molar-refractivity contribution in [1.82, 2.24) is 4.57 Å². The third-order valence-corrected chi connectivity index (χ3v) is 3.39. The van der Waals surface area contributed by atoms with E-state index in [0.29, 0.717) is 18.5 Å². The Morgan fingerprint density at radius 3 is 2.68 bits per heavy atom. The number of rotatable bonds is 2. The van der Waals surface area contributed by atoms with Gasteiger partial charge in [0.1, 0.15) is 11.9 Å². The van der Waals surface area contributed by atoms with Gasteiger partial charge in [0, 0.05) is 37.2 Å². The minimum atomic E-state index is -0.206. The highest BCUT2D eigenvalue weighted by Crippen LogP contribution is 2.31. The number of anilines is 1. The molecule has 1 N–H and O–H groups in total. The summed E-state index contributed by atoms with van der Waals surface area (Å²) >= 11 is 0. The third kappa shape index (κ3) is 2.49. The lowest BCUT2D eigenvalue weighted by Gasteiger charge is -2.28. The van der Waals surface area contributed by atoms with Crippen molar-refractivity contribution in [3.05, 3.63) is 17.8 Å². The van der Waals surface area contributed by atoms with Crippen LogP contribution in [0.2, 0.25) is 0 Å². The van der Waals surface area contributed by atoms with Crippen LogP contribution in [0.3, 0.4) is 0 Å². The number of aliphatic hydroxyl groups is 1. The van der Waals surface area contributed by atoms with Gasteiger partial charge < -0.3 is 9.67 Å². The standard InChI is InChI=1S/C14H19N3O2/c1-14(2,3)17-8-10(6-15)4-12(17)16-7-11(9-18)5-13(16)19/h4,8,11,18H,5,7,9H2,1-3H3. The molecule has 0 aromatic carbocycles. The first-order valence-electron chi connectivity index (χ1n) is 6.41. The zero-order valence-corrected chi connectivity index (χ0v) is 11.6. The van der Waals surface area contributed by atoms with E-state index >= 15 is 0 Å². The van der Waals surface area contributed by atoms with E-state index in [0.717, 1.165) is 5.82 Å². The first kappa shape index (κ1) is 13.6. The Balaban J connectivity index is 2.42. The predicted molar refractivity (Wildman–Crippen MR) is 71.7 cm³/mol. The van der Waals surface area contributed by atoms with Gasteiger partial charge in [-0.05, 0) is 26.8 Å². The fraction of sp³-hybridized carbons (Fsp3) is 0.571. The largest absolute Gasteiger partial charge is 0.396 e. The van der Waals surface area contributed by atoms with Crippen LogP contribution in [0.25, 0.3) is 0 Å². The summed E-state index contributed by atoms with van der Waals surface area (Å²) in [4.78, 5) is 13.7. The summed E-state index contributed by atoms with van der Waals surface area (Å²) in [6.07, 6.45) is 2.14. The van der Waals surface area contributed by atoms with E-state index in [1.165, 1.54) is 0 Å². The Morgan fingerprint density at radius 2 is 2.21 bits per heavy atom. The monoisotopic (exact) mass is 261 g/mol. The quantitative estimate of drug-likeness (QED) is 0.876. The fourth-order valence-electron chi connectivity index (χ4n) is 2.38. The maximum absolute atomic E-state index is 12.0. The van der Waals surface area contributed by atoms with Crippen LogP contribution in [0.5, 0.6) is 0 Å². The molecule has 0 spiro atoms. The van der Waals surface area contributed by atoms with Crippen molar-refractivity contribution in [2.75, 3.05) is 18.1 Å². The first-order chi connectivity index (χ1) is 8.86. The normalized spacial score (nSPS) is 19.8. The van der Waals surface area contributed by atoms with E-state index in [9.17, 15) is 9.90 Å². The SMILES string of the molecule is CC(C)(C)n1cc(C#N)cc1N1CC(CO)CC1=O. The number of aromatic nitrogens is 1. The summed E-state index contributed by atoms with van der Waals surface area (Å²) in [7, 11) is 0. The van der Waals surface area contributed by atoms with Gasteiger partial charge in [0.15, 0.2) is 0 Å². The molecule has 1 saturated heterocycles. The molecular weight excluding hydrogens is 242 g/mol. The number of nitriles is 1. The van der Waals surface area contributed by atoms with Crippen molar-refractivity contribution in [2.24, 2.45) is 5.92 Å². The van der Waals surface area contributed by atoms with Crippen LogP contribution < -0.4 is 4.90 Å². The van der Waals surface area contributed by atoms with Gasteiger partial charge in [-0.1, -0.05) is 0 Å². The first-order valence-corrected chi connectivity index (χ1v) is 6.41. The van der Waals surface area contributed by atoms with Crippen LogP contribution in [-0.4, -0.2) is 28.7 Å². The zero-order chi connectivity index (χ0) is 14.2. The molecule has 2 rings (SSSR count). The molecular formula is C14H19N3O2. The maximum atomic E-state index is 12.0. The number of nitrogens with zero attached hydrogens (tertiary/aromatic N) is 3. The molecule has 5 nitrogen and oxygen atoms in total. The van der Waals surface area contributed by atoms with Gasteiger partial charge in [-0.3, -0.25) is 9.69 Å². The molecule has 0 aliphatic carbocycles. The van der Waals surface area contributed by atoms with Crippen LogP contribution in [0.1, 0.15) is 32.8 Å². The van der Waals surface area contributed by atoms with E-state index in [4.69, 9.17) is 5.26 Å². The Hall–Kier alpha value is -1.80.